The lowest BCUT2D eigenvalue weighted by Crippen LogP contribution is -2.54. The van der Waals surface area contributed by atoms with Crippen molar-refractivity contribution in [3.63, 3.8) is 0 Å². The van der Waals surface area contributed by atoms with Gasteiger partial charge in [-0.1, -0.05) is 11.2 Å². The van der Waals surface area contributed by atoms with Crippen molar-refractivity contribution >= 4 is 40.8 Å². The number of carbonyl (C=O) groups is 2. The SMILES string of the molecule is O=C(Nc1onc2c1CSC2)C1CN(C(=O)c2cccs2)C1. The molecule has 2 aromatic rings. The summed E-state index contributed by atoms with van der Waals surface area (Å²) in [5, 5.41) is 8.63. The summed E-state index contributed by atoms with van der Waals surface area (Å²) in [5.41, 5.74) is 1.91. The van der Waals surface area contributed by atoms with Gasteiger partial charge in [-0.3, -0.25) is 14.9 Å². The average Bonchev–Trinajstić information content (AvgIpc) is 3.15. The maximum absolute atomic E-state index is 12.2. The molecule has 1 N–H and O–H groups in total. The molecule has 0 bridgehead atoms. The van der Waals surface area contributed by atoms with Gasteiger partial charge in [0.1, 0.15) is 0 Å². The minimum Gasteiger partial charge on any atom is -0.338 e. The number of hydrogen-bond donors (Lipinski definition) is 1. The van der Waals surface area contributed by atoms with E-state index in [1.807, 2.05) is 11.4 Å². The van der Waals surface area contributed by atoms with Crippen LogP contribution in [-0.2, 0) is 16.3 Å². The summed E-state index contributed by atoms with van der Waals surface area (Å²) in [4.78, 5) is 26.7. The smallest absolute Gasteiger partial charge is 0.263 e. The molecule has 2 aliphatic heterocycles. The number of thioether (sulfide) groups is 1. The lowest BCUT2D eigenvalue weighted by Gasteiger charge is -2.37. The second-order valence-electron chi connectivity index (χ2n) is 5.30. The Morgan fingerprint density at radius 2 is 2.23 bits per heavy atom. The van der Waals surface area contributed by atoms with E-state index < -0.39 is 0 Å². The van der Waals surface area contributed by atoms with E-state index in [0.29, 0.717) is 23.9 Å². The van der Waals surface area contributed by atoms with E-state index in [0.717, 1.165) is 22.8 Å². The molecule has 1 saturated heterocycles. The summed E-state index contributed by atoms with van der Waals surface area (Å²) < 4.78 is 5.19. The van der Waals surface area contributed by atoms with Crippen LogP contribution in [0.4, 0.5) is 5.88 Å². The van der Waals surface area contributed by atoms with Crippen molar-refractivity contribution < 1.29 is 14.1 Å². The Labute approximate surface area is 134 Å². The molecular formula is C14H13N3O3S2. The standard InChI is InChI=1S/C14H13N3O3S2/c18-12(15-13-9-6-21-7-10(9)16-20-13)8-4-17(5-8)14(19)11-2-1-3-22-11/h1-3,8H,4-7H2,(H,15,18). The Bertz CT molecular complexity index is 720. The van der Waals surface area contributed by atoms with Crippen molar-refractivity contribution in [1.82, 2.24) is 10.1 Å². The van der Waals surface area contributed by atoms with Crippen molar-refractivity contribution in [3.8, 4) is 0 Å². The molecule has 0 aromatic carbocycles. The Hall–Kier alpha value is -1.80. The molecule has 0 saturated carbocycles. The van der Waals surface area contributed by atoms with Gasteiger partial charge in [0, 0.05) is 24.6 Å². The molecule has 2 aromatic heterocycles. The number of anilines is 1. The van der Waals surface area contributed by atoms with Gasteiger partial charge in [-0.05, 0) is 11.4 Å². The fourth-order valence-corrected chi connectivity index (χ4v) is 4.25. The largest absolute Gasteiger partial charge is 0.338 e. The highest BCUT2D eigenvalue weighted by molar-refractivity contribution is 7.98. The summed E-state index contributed by atoms with van der Waals surface area (Å²) in [6.07, 6.45) is 0. The Morgan fingerprint density at radius 3 is 3.00 bits per heavy atom. The van der Waals surface area contributed by atoms with Gasteiger partial charge < -0.3 is 9.42 Å². The summed E-state index contributed by atoms with van der Waals surface area (Å²) in [6.45, 7) is 0.904. The van der Waals surface area contributed by atoms with Gasteiger partial charge in [0.05, 0.1) is 22.1 Å². The molecule has 4 heterocycles. The molecule has 0 unspecified atom stereocenters. The zero-order valence-corrected chi connectivity index (χ0v) is 13.2. The van der Waals surface area contributed by atoms with Crippen LogP contribution in [0.2, 0.25) is 0 Å². The van der Waals surface area contributed by atoms with Crippen LogP contribution in [0.25, 0.3) is 0 Å². The molecular weight excluding hydrogens is 322 g/mol. The van der Waals surface area contributed by atoms with E-state index in [1.165, 1.54) is 11.3 Å². The van der Waals surface area contributed by atoms with Crippen LogP contribution < -0.4 is 5.32 Å². The predicted molar refractivity (Wildman–Crippen MR) is 83.8 cm³/mol. The third-order valence-electron chi connectivity index (χ3n) is 3.86. The van der Waals surface area contributed by atoms with E-state index in [1.54, 1.807) is 22.7 Å². The van der Waals surface area contributed by atoms with Crippen LogP contribution in [0.5, 0.6) is 0 Å². The average molecular weight is 335 g/mol. The van der Waals surface area contributed by atoms with Crippen LogP contribution >= 0.6 is 23.1 Å². The zero-order chi connectivity index (χ0) is 15.1. The molecule has 1 fully saturated rings. The van der Waals surface area contributed by atoms with Gasteiger partial charge in [-0.15, -0.1) is 11.3 Å². The number of nitrogens with zero attached hydrogens (tertiary/aromatic N) is 2. The third kappa shape index (κ3) is 2.32. The Kier molecular flexibility index (Phi) is 3.42. The fraction of sp³-hybridized carbons (Fsp3) is 0.357. The van der Waals surface area contributed by atoms with Crippen molar-refractivity contribution in [2.45, 2.75) is 11.5 Å². The van der Waals surface area contributed by atoms with Gasteiger partial charge in [0.2, 0.25) is 11.8 Å². The Morgan fingerprint density at radius 1 is 1.36 bits per heavy atom. The highest BCUT2D eigenvalue weighted by atomic mass is 32.2. The van der Waals surface area contributed by atoms with Gasteiger partial charge in [-0.2, -0.15) is 11.8 Å². The van der Waals surface area contributed by atoms with Crippen LogP contribution in [-0.4, -0.2) is 35.0 Å². The molecule has 22 heavy (non-hydrogen) atoms. The number of rotatable bonds is 3. The van der Waals surface area contributed by atoms with E-state index in [2.05, 4.69) is 10.5 Å². The van der Waals surface area contributed by atoms with E-state index in [9.17, 15) is 9.59 Å². The first kappa shape index (κ1) is 13.8. The highest BCUT2D eigenvalue weighted by Crippen LogP contribution is 2.35. The quantitative estimate of drug-likeness (QED) is 0.930. The van der Waals surface area contributed by atoms with Crippen molar-refractivity contribution in [1.29, 1.82) is 0 Å². The molecule has 0 atom stereocenters. The maximum atomic E-state index is 12.2. The number of likely N-dealkylation sites (tertiary alicyclic amines) is 1. The normalized spacial score (nSPS) is 17.2. The molecule has 2 aliphatic rings. The molecule has 114 valence electrons. The summed E-state index contributed by atoms with van der Waals surface area (Å²) >= 11 is 3.17. The molecule has 4 rings (SSSR count). The minimum atomic E-state index is -0.182. The molecule has 6 nitrogen and oxygen atoms in total. The van der Waals surface area contributed by atoms with Gasteiger partial charge in [-0.25, -0.2) is 0 Å². The second kappa shape index (κ2) is 5.44. The number of hydrogen-bond acceptors (Lipinski definition) is 6. The van der Waals surface area contributed by atoms with Crippen LogP contribution in [0, 0.1) is 5.92 Å². The lowest BCUT2D eigenvalue weighted by molar-refractivity contribution is -0.123. The molecule has 8 heteroatoms. The fourth-order valence-electron chi connectivity index (χ4n) is 2.53. The molecule has 0 spiro atoms. The molecule has 2 amide bonds. The maximum Gasteiger partial charge on any atom is 0.263 e. The van der Waals surface area contributed by atoms with Crippen molar-refractivity contribution in [3.05, 3.63) is 33.6 Å². The number of carbonyl (C=O) groups excluding carboxylic acids is 2. The van der Waals surface area contributed by atoms with Crippen molar-refractivity contribution in [2.24, 2.45) is 5.92 Å². The number of thiophene rings is 1. The molecule has 0 radical (unpaired) electrons. The Balaban J connectivity index is 1.35. The van der Waals surface area contributed by atoms with E-state index in [-0.39, 0.29) is 17.7 Å². The van der Waals surface area contributed by atoms with Crippen LogP contribution in [0.1, 0.15) is 20.9 Å². The molecule has 0 aliphatic carbocycles. The van der Waals surface area contributed by atoms with Crippen molar-refractivity contribution in [2.75, 3.05) is 18.4 Å². The van der Waals surface area contributed by atoms with Gasteiger partial charge in [0.15, 0.2) is 0 Å². The topological polar surface area (TPSA) is 75.4 Å². The monoisotopic (exact) mass is 335 g/mol. The first-order chi connectivity index (χ1) is 10.7. The van der Waals surface area contributed by atoms with Gasteiger partial charge in [0.25, 0.3) is 5.91 Å². The van der Waals surface area contributed by atoms with Crippen LogP contribution in [0.15, 0.2) is 22.0 Å². The number of nitrogens with one attached hydrogen (secondary N) is 1. The first-order valence-electron chi connectivity index (χ1n) is 6.91. The van der Waals surface area contributed by atoms with E-state index in [4.69, 9.17) is 4.52 Å². The number of amides is 2. The highest BCUT2D eigenvalue weighted by Gasteiger charge is 2.37. The summed E-state index contributed by atoms with van der Waals surface area (Å²) in [6, 6.07) is 3.65. The van der Waals surface area contributed by atoms with E-state index >= 15 is 0 Å². The number of fused-ring (bicyclic) bond motifs is 1. The van der Waals surface area contributed by atoms with Crippen LogP contribution in [0.3, 0.4) is 0 Å². The summed E-state index contributed by atoms with van der Waals surface area (Å²) in [5.74, 6) is 1.83. The van der Waals surface area contributed by atoms with Gasteiger partial charge >= 0.3 is 0 Å². The zero-order valence-electron chi connectivity index (χ0n) is 11.6. The number of aromatic nitrogens is 1. The first-order valence-corrected chi connectivity index (χ1v) is 8.94. The third-order valence-corrected chi connectivity index (χ3v) is 5.69. The summed E-state index contributed by atoms with van der Waals surface area (Å²) in [7, 11) is 0. The minimum absolute atomic E-state index is 0.00370. The lowest BCUT2D eigenvalue weighted by atomic mass is 9.99. The predicted octanol–water partition coefficient (Wildman–Crippen LogP) is 2.19. The second-order valence-corrected chi connectivity index (χ2v) is 7.24.